The molecule has 0 aromatic heterocycles. The molecule has 5 heteroatoms. The average Bonchev–Trinajstić information content (AvgIpc) is 2.75. The van der Waals surface area contributed by atoms with Gasteiger partial charge in [-0.05, 0) is 50.1 Å². The Morgan fingerprint density at radius 2 is 1.80 bits per heavy atom. The Morgan fingerprint density at radius 3 is 2.60 bits per heavy atom. The fraction of sp³-hybridized carbons (Fsp3) is 0.440. The standard InChI is InChI=1S/C25H30N2O3/c1-25(16-18-10-6-8-14-21(18)23(28)30-25)24(29)26-22-15-9-7-11-19(22)17-27(2)20-12-4-3-5-13-20/h6-11,14-15,20H,3-5,12-13,16-17H2,1-2H3,(H,26,29). The Bertz CT molecular complexity index is 935. The summed E-state index contributed by atoms with van der Waals surface area (Å²) in [5.41, 5.74) is 2.01. The number of cyclic esters (lactones) is 1. The van der Waals surface area contributed by atoms with E-state index >= 15 is 0 Å². The van der Waals surface area contributed by atoms with Crippen LogP contribution in [0.1, 0.15) is 60.5 Å². The van der Waals surface area contributed by atoms with Crippen LogP contribution in [0, 0.1) is 0 Å². The van der Waals surface area contributed by atoms with Gasteiger partial charge in [0.05, 0.1) is 5.56 Å². The van der Waals surface area contributed by atoms with Gasteiger partial charge in [0.2, 0.25) is 0 Å². The molecule has 2 aromatic carbocycles. The zero-order chi connectivity index (χ0) is 21.1. The van der Waals surface area contributed by atoms with E-state index in [2.05, 4.69) is 23.3 Å². The van der Waals surface area contributed by atoms with Gasteiger partial charge in [0, 0.05) is 24.7 Å². The lowest BCUT2D eigenvalue weighted by Crippen LogP contribution is -2.49. The van der Waals surface area contributed by atoms with Crippen LogP contribution in [0.15, 0.2) is 48.5 Å². The molecule has 1 unspecified atom stereocenters. The Morgan fingerprint density at radius 1 is 1.10 bits per heavy atom. The molecule has 1 fully saturated rings. The van der Waals surface area contributed by atoms with Gasteiger partial charge in [-0.3, -0.25) is 9.69 Å². The van der Waals surface area contributed by atoms with Gasteiger partial charge in [-0.1, -0.05) is 55.7 Å². The highest BCUT2D eigenvalue weighted by Gasteiger charge is 2.42. The highest BCUT2D eigenvalue weighted by molar-refractivity contribution is 6.02. The number of esters is 1. The molecule has 1 heterocycles. The Hall–Kier alpha value is -2.66. The molecule has 1 N–H and O–H groups in total. The van der Waals surface area contributed by atoms with Crippen molar-refractivity contribution in [1.29, 1.82) is 0 Å². The van der Waals surface area contributed by atoms with Crippen LogP contribution in [-0.2, 0) is 22.5 Å². The van der Waals surface area contributed by atoms with Crippen molar-refractivity contribution in [3.05, 3.63) is 65.2 Å². The topological polar surface area (TPSA) is 58.6 Å². The second-order valence-corrected chi connectivity index (χ2v) is 8.77. The molecule has 30 heavy (non-hydrogen) atoms. The van der Waals surface area contributed by atoms with E-state index < -0.39 is 11.6 Å². The van der Waals surface area contributed by atoms with E-state index in [0.717, 1.165) is 23.4 Å². The van der Waals surface area contributed by atoms with Crippen LogP contribution >= 0.6 is 0 Å². The lowest BCUT2D eigenvalue weighted by atomic mass is 9.89. The van der Waals surface area contributed by atoms with Crippen molar-refractivity contribution in [2.45, 2.75) is 63.6 Å². The highest BCUT2D eigenvalue weighted by Crippen LogP contribution is 2.30. The third-order valence-corrected chi connectivity index (χ3v) is 6.45. The van der Waals surface area contributed by atoms with Gasteiger partial charge in [-0.15, -0.1) is 0 Å². The molecule has 5 nitrogen and oxygen atoms in total. The van der Waals surface area contributed by atoms with Crippen LogP contribution < -0.4 is 5.32 Å². The summed E-state index contributed by atoms with van der Waals surface area (Å²) in [6.45, 7) is 2.47. The number of anilines is 1. The monoisotopic (exact) mass is 406 g/mol. The summed E-state index contributed by atoms with van der Waals surface area (Å²) in [6.07, 6.45) is 6.75. The third-order valence-electron chi connectivity index (χ3n) is 6.45. The molecule has 0 spiro atoms. The zero-order valence-corrected chi connectivity index (χ0v) is 17.8. The fourth-order valence-electron chi connectivity index (χ4n) is 4.61. The van der Waals surface area contributed by atoms with Gasteiger partial charge >= 0.3 is 5.97 Å². The first-order valence-electron chi connectivity index (χ1n) is 10.9. The molecule has 1 saturated carbocycles. The number of hydrogen-bond acceptors (Lipinski definition) is 4. The maximum absolute atomic E-state index is 13.2. The number of para-hydroxylation sites is 1. The van der Waals surface area contributed by atoms with E-state index in [1.165, 1.54) is 32.1 Å². The maximum Gasteiger partial charge on any atom is 0.339 e. The number of benzene rings is 2. The number of rotatable bonds is 5. The van der Waals surface area contributed by atoms with Crippen molar-refractivity contribution >= 4 is 17.6 Å². The lowest BCUT2D eigenvalue weighted by molar-refractivity contribution is -0.134. The van der Waals surface area contributed by atoms with Gasteiger partial charge in [-0.25, -0.2) is 4.79 Å². The van der Waals surface area contributed by atoms with Gasteiger partial charge in [0.15, 0.2) is 5.60 Å². The number of ether oxygens (including phenoxy) is 1. The van der Waals surface area contributed by atoms with Crippen LogP contribution in [-0.4, -0.2) is 35.5 Å². The smallest absolute Gasteiger partial charge is 0.339 e. The van der Waals surface area contributed by atoms with E-state index in [9.17, 15) is 9.59 Å². The molecule has 1 aliphatic carbocycles. The predicted octanol–water partition coefficient (Wildman–Crippen LogP) is 4.56. The summed E-state index contributed by atoms with van der Waals surface area (Å²) < 4.78 is 5.59. The van der Waals surface area contributed by atoms with E-state index in [1.54, 1.807) is 13.0 Å². The predicted molar refractivity (Wildman–Crippen MR) is 117 cm³/mol. The number of nitrogens with zero attached hydrogens (tertiary/aromatic N) is 1. The average molecular weight is 407 g/mol. The van der Waals surface area contributed by atoms with Crippen LogP contribution in [0.5, 0.6) is 0 Å². The minimum absolute atomic E-state index is 0.293. The van der Waals surface area contributed by atoms with Gasteiger partial charge in [-0.2, -0.15) is 0 Å². The van der Waals surface area contributed by atoms with Crippen molar-refractivity contribution in [3.8, 4) is 0 Å². The number of hydrogen-bond donors (Lipinski definition) is 1. The number of carbonyl (C=O) groups is 2. The van der Waals surface area contributed by atoms with Gasteiger partial charge < -0.3 is 10.1 Å². The number of nitrogens with one attached hydrogen (secondary N) is 1. The zero-order valence-electron chi connectivity index (χ0n) is 17.8. The lowest BCUT2D eigenvalue weighted by Gasteiger charge is -2.34. The first-order valence-corrected chi connectivity index (χ1v) is 10.9. The molecule has 2 aromatic rings. The second-order valence-electron chi connectivity index (χ2n) is 8.77. The van der Waals surface area contributed by atoms with Crippen molar-refractivity contribution < 1.29 is 14.3 Å². The van der Waals surface area contributed by atoms with E-state index in [-0.39, 0.29) is 5.91 Å². The molecule has 2 aliphatic rings. The third kappa shape index (κ3) is 4.26. The van der Waals surface area contributed by atoms with E-state index in [4.69, 9.17) is 4.74 Å². The van der Waals surface area contributed by atoms with Crippen LogP contribution in [0.3, 0.4) is 0 Å². The Kier molecular flexibility index (Phi) is 5.91. The van der Waals surface area contributed by atoms with Crippen molar-refractivity contribution in [3.63, 3.8) is 0 Å². The second kappa shape index (κ2) is 8.60. The summed E-state index contributed by atoms with van der Waals surface area (Å²) in [5.74, 6) is -0.738. The molecular weight excluding hydrogens is 376 g/mol. The SMILES string of the molecule is CN(Cc1ccccc1NC(=O)C1(C)Cc2ccccc2C(=O)O1)C1CCCCC1. The molecule has 0 saturated heterocycles. The maximum atomic E-state index is 13.2. The molecular formula is C25H30N2O3. The molecule has 1 atom stereocenters. The van der Waals surface area contributed by atoms with Crippen molar-refractivity contribution in [2.75, 3.05) is 12.4 Å². The summed E-state index contributed by atoms with van der Waals surface area (Å²) in [5, 5.41) is 3.04. The summed E-state index contributed by atoms with van der Waals surface area (Å²) in [7, 11) is 2.16. The fourth-order valence-corrected chi connectivity index (χ4v) is 4.61. The largest absolute Gasteiger partial charge is 0.445 e. The quantitative estimate of drug-likeness (QED) is 0.740. The Labute approximate surface area is 178 Å². The molecule has 1 amide bonds. The number of amides is 1. The summed E-state index contributed by atoms with van der Waals surface area (Å²) in [4.78, 5) is 28.0. The number of fused-ring (bicyclic) bond motifs is 1. The van der Waals surface area contributed by atoms with Crippen molar-refractivity contribution in [2.24, 2.45) is 0 Å². The van der Waals surface area contributed by atoms with E-state index in [0.29, 0.717) is 18.0 Å². The Balaban J connectivity index is 1.49. The molecule has 0 radical (unpaired) electrons. The summed E-state index contributed by atoms with van der Waals surface area (Å²) in [6, 6.07) is 15.8. The minimum Gasteiger partial charge on any atom is -0.445 e. The first-order chi connectivity index (χ1) is 14.5. The highest BCUT2D eigenvalue weighted by atomic mass is 16.6. The number of carbonyl (C=O) groups excluding carboxylic acids is 2. The van der Waals surface area contributed by atoms with Crippen LogP contribution in [0.2, 0.25) is 0 Å². The molecule has 158 valence electrons. The van der Waals surface area contributed by atoms with Crippen LogP contribution in [0.4, 0.5) is 5.69 Å². The first kappa shape index (κ1) is 20.6. The van der Waals surface area contributed by atoms with Gasteiger partial charge in [0.25, 0.3) is 5.91 Å². The van der Waals surface area contributed by atoms with Crippen LogP contribution in [0.25, 0.3) is 0 Å². The van der Waals surface area contributed by atoms with Gasteiger partial charge in [0.1, 0.15) is 0 Å². The minimum atomic E-state index is -1.23. The summed E-state index contributed by atoms with van der Waals surface area (Å²) >= 11 is 0. The molecule has 4 rings (SSSR count). The molecule has 0 bridgehead atoms. The normalized spacial score (nSPS) is 21.8. The van der Waals surface area contributed by atoms with Crippen molar-refractivity contribution in [1.82, 2.24) is 4.90 Å². The molecule has 1 aliphatic heterocycles. The van der Waals surface area contributed by atoms with E-state index in [1.807, 2.05) is 36.4 Å².